The number of hydrogen-bond acceptors (Lipinski definition) is 3. The van der Waals surface area contributed by atoms with Gasteiger partial charge in [0.1, 0.15) is 0 Å². The first-order valence-corrected chi connectivity index (χ1v) is 5.44. The van der Waals surface area contributed by atoms with E-state index in [1.807, 2.05) is 32.3 Å². The summed E-state index contributed by atoms with van der Waals surface area (Å²) in [6.45, 7) is 2.74. The summed E-state index contributed by atoms with van der Waals surface area (Å²) in [7, 11) is 1.95. The summed E-state index contributed by atoms with van der Waals surface area (Å²) in [6.07, 6.45) is 4.57. The number of pyridine rings is 1. The molecule has 0 saturated heterocycles. The molecular weight excluding hydrogens is 204 g/mol. The molecule has 1 aromatic rings. The highest BCUT2D eigenvalue weighted by atomic mass is 16.4. The van der Waals surface area contributed by atoms with Gasteiger partial charge in [0.25, 0.3) is 0 Å². The van der Waals surface area contributed by atoms with Gasteiger partial charge in [-0.25, -0.2) is 0 Å². The van der Waals surface area contributed by atoms with Crippen LogP contribution in [0.15, 0.2) is 24.5 Å². The summed E-state index contributed by atoms with van der Waals surface area (Å²) < 4.78 is 0. The molecule has 0 amide bonds. The molecule has 1 unspecified atom stereocenters. The van der Waals surface area contributed by atoms with Gasteiger partial charge in [0.05, 0.1) is 6.42 Å². The maximum atomic E-state index is 10.7. The van der Waals surface area contributed by atoms with Gasteiger partial charge in [-0.3, -0.25) is 14.7 Å². The van der Waals surface area contributed by atoms with E-state index in [4.69, 9.17) is 5.11 Å². The quantitative estimate of drug-likeness (QED) is 0.797. The Balaban J connectivity index is 2.55. The fourth-order valence-electron chi connectivity index (χ4n) is 1.72. The van der Waals surface area contributed by atoms with E-state index in [-0.39, 0.29) is 12.5 Å². The van der Waals surface area contributed by atoms with Crippen LogP contribution in [0.3, 0.4) is 0 Å². The highest BCUT2D eigenvalue weighted by Crippen LogP contribution is 2.10. The number of carbonyl (C=O) groups is 1. The number of carboxylic acid groups (broad SMARTS) is 1. The van der Waals surface area contributed by atoms with E-state index < -0.39 is 5.97 Å². The molecule has 1 atom stereocenters. The van der Waals surface area contributed by atoms with Crippen molar-refractivity contribution in [1.82, 2.24) is 9.88 Å². The minimum Gasteiger partial charge on any atom is -0.481 e. The van der Waals surface area contributed by atoms with Crippen molar-refractivity contribution in [3.8, 4) is 0 Å². The van der Waals surface area contributed by atoms with E-state index in [2.05, 4.69) is 9.88 Å². The maximum Gasteiger partial charge on any atom is 0.304 e. The van der Waals surface area contributed by atoms with Gasteiger partial charge in [0, 0.05) is 25.0 Å². The monoisotopic (exact) mass is 222 g/mol. The predicted molar refractivity (Wildman–Crippen MR) is 62.0 cm³/mol. The second kappa shape index (κ2) is 6.23. The van der Waals surface area contributed by atoms with Crippen LogP contribution in [0, 0.1) is 0 Å². The molecule has 4 nitrogen and oxygen atoms in total. The fourth-order valence-corrected chi connectivity index (χ4v) is 1.72. The summed E-state index contributed by atoms with van der Waals surface area (Å²) in [5.41, 5.74) is 1.11. The molecule has 0 aliphatic heterocycles. The van der Waals surface area contributed by atoms with Crippen molar-refractivity contribution in [2.24, 2.45) is 0 Å². The van der Waals surface area contributed by atoms with Gasteiger partial charge in [-0.05, 0) is 25.1 Å². The van der Waals surface area contributed by atoms with Gasteiger partial charge in [-0.1, -0.05) is 13.0 Å². The lowest BCUT2D eigenvalue weighted by Gasteiger charge is -2.25. The van der Waals surface area contributed by atoms with E-state index in [0.717, 1.165) is 18.5 Å². The molecule has 0 fully saturated rings. The molecule has 0 bridgehead atoms. The molecule has 0 radical (unpaired) electrons. The van der Waals surface area contributed by atoms with E-state index in [0.29, 0.717) is 0 Å². The van der Waals surface area contributed by atoms with Crippen LogP contribution < -0.4 is 0 Å². The second-order valence-electron chi connectivity index (χ2n) is 3.94. The van der Waals surface area contributed by atoms with Gasteiger partial charge in [0.2, 0.25) is 0 Å². The van der Waals surface area contributed by atoms with Crippen LogP contribution >= 0.6 is 0 Å². The van der Waals surface area contributed by atoms with Gasteiger partial charge < -0.3 is 5.11 Å². The highest BCUT2D eigenvalue weighted by Gasteiger charge is 2.16. The normalized spacial score (nSPS) is 12.7. The third-order valence-electron chi connectivity index (χ3n) is 2.66. The molecular formula is C12H18N2O2. The highest BCUT2D eigenvalue weighted by molar-refractivity contribution is 5.67. The topological polar surface area (TPSA) is 53.4 Å². The van der Waals surface area contributed by atoms with Crippen LogP contribution in [0.2, 0.25) is 0 Å². The fraction of sp³-hybridized carbons (Fsp3) is 0.500. The first-order valence-electron chi connectivity index (χ1n) is 5.44. The molecule has 0 aromatic carbocycles. The third-order valence-corrected chi connectivity index (χ3v) is 2.66. The van der Waals surface area contributed by atoms with Gasteiger partial charge >= 0.3 is 5.97 Å². The Morgan fingerprint density at radius 1 is 1.62 bits per heavy atom. The molecule has 0 aliphatic rings. The molecule has 1 rings (SSSR count). The maximum absolute atomic E-state index is 10.7. The Kier molecular flexibility index (Phi) is 4.92. The number of aromatic nitrogens is 1. The Bertz CT molecular complexity index is 327. The Morgan fingerprint density at radius 3 is 2.88 bits per heavy atom. The van der Waals surface area contributed by atoms with Crippen molar-refractivity contribution in [3.63, 3.8) is 0 Å². The zero-order valence-corrected chi connectivity index (χ0v) is 9.76. The van der Waals surface area contributed by atoms with Crippen molar-refractivity contribution in [3.05, 3.63) is 30.1 Å². The van der Waals surface area contributed by atoms with Crippen LogP contribution in [0.4, 0.5) is 0 Å². The predicted octanol–water partition coefficient (Wildman–Crippen LogP) is 1.77. The molecule has 0 aliphatic carbocycles. The summed E-state index contributed by atoms with van der Waals surface area (Å²) in [6, 6.07) is 3.97. The van der Waals surface area contributed by atoms with Crippen LogP contribution in [0.5, 0.6) is 0 Å². The number of nitrogens with zero attached hydrogens (tertiary/aromatic N) is 2. The average molecular weight is 222 g/mol. The van der Waals surface area contributed by atoms with Crippen molar-refractivity contribution in [1.29, 1.82) is 0 Å². The zero-order chi connectivity index (χ0) is 12.0. The standard InChI is InChI=1S/C12H18N2O2/c1-3-11(7-12(15)16)14(2)9-10-5-4-6-13-8-10/h4-6,8,11H,3,7,9H2,1-2H3,(H,15,16). The number of carboxylic acids is 1. The lowest BCUT2D eigenvalue weighted by molar-refractivity contribution is -0.138. The van der Waals surface area contributed by atoms with Crippen molar-refractivity contribution in [2.75, 3.05) is 7.05 Å². The lowest BCUT2D eigenvalue weighted by Crippen LogP contribution is -2.32. The molecule has 88 valence electrons. The first kappa shape index (κ1) is 12.6. The smallest absolute Gasteiger partial charge is 0.304 e. The molecule has 0 spiro atoms. The van der Waals surface area contributed by atoms with Crippen molar-refractivity contribution >= 4 is 5.97 Å². The summed E-state index contributed by atoms with van der Waals surface area (Å²) in [4.78, 5) is 16.8. The largest absolute Gasteiger partial charge is 0.481 e. The SMILES string of the molecule is CCC(CC(=O)O)N(C)Cc1cccnc1. The van der Waals surface area contributed by atoms with E-state index in [1.165, 1.54) is 0 Å². The summed E-state index contributed by atoms with van der Waals surface area (Å²) in [5, 5.41) is 8.79. The molecule has 1 aromatic heterocycles. The molecule has 0 saturated carbocycles. The second-order valence-corrected chi connectivity index (χ2v) is 3.94. The van der Waals surface area contributed by atoms with Gasteiger partial charge in [-0.15, -0.1) is 0 Å². The van der Waals surface area contributed by atoms with E-state index in [9.17, 15) is 4.79 Å². The lowest BCUT2D eigenvalue weighted by atomic mass is 10.1. The zero-order valence-electron chi connectivity index (χ0n) is 9.76. The molecule has 1 N–H and O–H groups in total. The first-order chi connectivity index (χ1) is 7.63. The Labute approximate surface area is 95.9 Å². The summed E-state index contributed by atoms with van der Waals surface area (Å²) in [5.74, 6) is -0.745. The molecule has 4 heteroatoms. The molecule has 1 heterocycles. The van der Waals surface area contributed by atoms with Crippen molar-refractivity contribution < 1.29 is 9.90 Å². The van der Waals surface area contributed by atoms with E-state index >= 15 is 0 Å². The van der Waals surface area contributed by atoms with E-state index in [1.54, 1.807) is 6.20 Å². The number of hydrogen-bond donors (Lipinski definition) is 1. The summed E-state index contributed by atoms with van der Waals surface area (Å²) >= 11 is 0. The van der Waals surface area contributed by atoms with Crippen LogP contribution in [0.25, 0.3) is 0 Å². The Morgan fingerprint density at radius 2 is 2.38 bits per heavy atom. The van der Waals surface area contributed by atoms with Crippen LogP contribution in [-0.4, -0.2) is 34.0 Å². The van der Waals surface area contributed by atoms with Crippen molar-refractivity contribution in [2.45, 2.75) is 32.4 Å². The van der Waals surface area contributed by atoms with Gasteiger partial charge in [-0.2, -0.15) is 0 Å². The minimum atomic E-state index is -0.745. The number of rotatable bonds is 6. The Hall–Kier alpha value is -1.42. The number of aliphatic carboxylic acids is 1. The van der Waals surface area contributed by atoms with Crippen LogP contribution in [0.1, 0.15) is 25.3 Å². The molecule has 16 heavy (non-hydrogen) atoms. The average Bonchev–Trinajstić information content (AvgIpc) is 2.26. The third kappa shape index (κ3) is 3.98. The van der Waals surface area contributed by atoms with Gasteiger partial charge in [0.15, 0.2) is 0 Å². The minimum absolute atomic E-state index is 0.0812. The van der Waals surface area contributed by atoms with Crippen LogP contribution in [-0.2, 0) is 11.3 Å².